The molecule has 4 nitrogen and oxygen atoms in total. The fourth-order valence-corrected chi connectivity index (χ4v) is 4.48. The molecule has 5 rings (SSSR count). The Labute approximate surface area is 206 Å². The third kappa shape index (κ3) is 5.44. The number of furan rings is 1. The molecular formula is C31H28N2O2. The van der Waals surface area contributed by atoms with Gasteiger partial charge < -0.3 is 13.9 Å². The van der Waals surface area contributed by atoms with Crippen LogP contribution in [0.25, 0.3) is 0 Å². The van der Waals surface area contributed by atoms with E-state index in [2.05, 4.69) is 41.1 Å². The van der Waals surface area contributed by atoms with Crippen molar-refractivity contribution in [2.45, 2.75) is 25.6 Å². The number of benzene rings is 3. The van der Waals surface area contributed by atoms with Crippen LogP contribution >= 0.6 is 0 Å². The van der Waals surface area contributed by atoms with Crippen molar-refractivity contribution in [1.82, 2.24) is 9.47 Å². The van der Waals surface area contributed by atoms with Gasteiger partial charge in [-0.3, -0.25) is 4.79 Å². The first-order valence-electron chi connectivity index (χ1n) is 11.9. The lowest BCUT2D eigenvalue weighted by Crippen LogP contribution is -2.35. The molecule has 0 aliphatic rings. The van der Waals surface area contributed by atoms with Crippen molar-refractivity contribution < 1.29 is 9.21 Å². The standard InChI is InChI=1S/C31H28N2O2/c34-31(30(26-14-6-2-7-15-26)27-16-8-3-9-17-27)33(24-29-19-11-21-35-29)23-28-18-10-20-32(28)22-25-12-4-1-5-13-25/h1-21,30H,22-24H2. The van der Waals surface area contributed by atoms with E-state index >= 15 is 0 Å². The van der Waals surface area contributed by atoms with Crippen LogP contribution in [0.2, 0.25) is 0 Å². The Balaban J connectivity index is 1.48. The maximum Gasteiger partial charge on any atom is 0.235 e. The molecule has 0 aliphatic carbocycles. The molecule has 0 fully saturated rings. The molecule has 2 heterocycles. The highest BCUT2D eigenvalue weighted by Gasteiger charge is 2.28. The van der Waals surface area contributed by atoms with Gasteiger partial charge in [0, 0.05) is 18.4 Å². The maximum atomic E-state index is 14.2. The predicted molar refractivity (Wildman–Crippen MR) is 138 cm³/mol. The van der Waals surface area contributed by atoms with Gasteiger partial charge in [-0.05, 0) is 41.0 Å². The van der Waals surface area contributed by atoms with Crippen LogP contribution in [0, 0.1) is 0 Å². The number of carbonyl (C=O) groups is 1. The number of carbonyl (C=O) groups excluding carboxylic acids is 1. The summed E-state index contributed by atoms with van der Waals surface area (Å²) in [6.07, 6.45) is 3.73. The third-order valence-corrected chi connectivity index (χ3v) is 6.22. The van der Waals surface area contributed by atoms with E-state index in [0.717, 1.165) is 29.1 Å². The molecule has 0 radical (unpaired) electrons. The summed E-state index contributed by atoms with van der Waals surface area (Å²) >= 11 is 0. The number of nitrogens with zero attached hydrogens (tertiary/aromatic N) is 2. The summed E-state index contributed by atoms with van der Waals surface area (Å²) in [7, 11) is 0. The van der Waals surface area contributed by atoms with Crippen LogP contribution in [0.5, 0.6) is 0 Å². The first-order chi connectivity index (χ1) is 17.3. The van der Waals surface area contributed by atoms with Crippen LogP contribution in [0.15, 0.2) is 132 Å². The van der Waals surface area contributed by atoms with Crippen LogP contribution in [0.4, 0.5) is 0 Å². The van der Waals surface area contributed by atoms with E-state index < -0.39 is 5.92 Å². The first-order valence-corrected chi connectivity index (χ1v) is 11.9. The minimum Gasteiger partial charge on any atom is -0.467 e. The SMILES string of the molecule is O=C(C(c1ccccc1)c1ccccc1)N(Cc1ccco1)Cc1cccn1Cc1ccccc1. The normalized spacial score (nSPS) is 11.0. The van der Waals surface area contributed by atoms with Crippen LogP contribution in [0.1, 0.15) is 34.1 Å². The Hall–Kier alpha value is -4.31. The van der Waals surface area contributed by atoms with Crippen molar-refractivity contribution in [3.8, 4) is 0 Å². The van der Waals surface area contributed by atoms with Crippen molar-refractivity contribution in [3.05, 3.63) is 156 Å². The number of amides is 1. The van der Waals surface area contributed by atoms with E-state index in [9.17, 15) is 4.79 Å². The minimum atomic E-state index is -0.398. The minimum absolute atomic E-state index is 0.0475. The summed E-state index contributed by atoms with van der Waals surface area (Å²) in [6, 6.07) is 38.3. The average molecular weight is 461 g/mol. The molecule has 4 heteroatoms. The number of hydrogen-bond donors (Lipinski definition) is 0. The van der Waals surface area contributed by atoms with E-state index in [1.165, 1.54) is 5.56 Å². The van der Waals surface area contributed by atoms with Gasteiger partial charge in [0.1, 0.15) is 5.76 Å². The molecule has 2 aromatic heterocycles. The molecule has 35 heavy (non-hydrogen) atoms. The Morgan fingerprint density at radius 3 is 1.94 bits per heavy atom. The van der Waals surface area contributed by atoms with Crippen molar-refractivity contribution in [3.63, 3.8) is 0 Å². The summed E-state index contributed by atoms with van der Waals surface area (Å²) in [5.74, 6) is 0.413. The number of rotatable bonds is 9. The highest BCUT2D eigenvalue weighted by molar-refractivity contribution is 5.87. The molecule has 0 N–H and O–H groups in total. The van der Waals surface area contributed by atoms with Crippen LogP contribution in [0.3, 0.4) is 0 Å². The van der Waals surface area contributed by atoms with Gasteiger partial charge in [0.05, 0.1) is 25.3 Å². The Morgan fingerprint density at radius 2 is 1.34 bits per heavy atom. The van der Waals surface area contributed by atoms with E-state index in [1.807, 2.05) is 89.8 Å². The van der Waals surface area contributed by atoms with Gasteiger partial charge in [0.25, 0.3) is 0 Å². The van der Waals surface area contributed by atoms with Crippen molar-refractivity contribution in [2.75, 3.05) is 0 Å². The lowest BCUT2D eigenvalue weighted by molar-refractivity contribution is -0.133. The Kier molecular flexibility index (Phi) is 6.90. The van der Waals surface area contributed by atoms with Gasteiger partial charge in [-0.15, -0.1) is 0 Å². The molecule has 0 atom stereocenters. The molecule has 0 spiro atoms. The molecule has 1 amide bonds. The zero-order valence-corrected chi connectivity index (χ0v) is 19.5. The lowest BCUT2D eigenvalue weighted by Gasteiger charge is -2.28. The van der Waals surface area contributed by atoms with Gasteiger partial charge in [0.2, 0.25) is 5.91 Å². The van der Waals surface area contributed by atoms with Gasteiger partial charge in [0.15, 0.2) is 0 Å². The summed E-state index contributed by atoms with van der Waals surface area (Å²) < 4.78 is 7.86. The van der Waals surface area contributed by atoms with Crippen LogP contribution < -0.4 is 0 Å². The molecule has 5 aromatic rings. The topological polar surface area (TPSA) is 38.4 Å². The second-order valence-corrected chi connectivity index (χ2v) is 8.64. The molecular weight excluding hydrogens is 432 g/mol. The van der Waals surface area contributed by atoms with E-state index in [1.54, 1.807) is 6.26 Å². The summed E-state index contributed by atoms with van der Waals surface area (Å²) in [6.45, 7) is 1.64. The fourth-order valence-electron chi connectivity index (χ4n) is 4.48. The molecule has 0 bridgehead atoms. The predicted octanol–water partition coefficient (Wildman–Crippen LogP) is 6.49. The molecule has 0 aliphatic heterocycles. The van der Waals surface area contributed by atoms with Gasteiger partial charge in [-0.25, -0.2) is 0 Å². The molecule has 174 valence electrons. The molecule has 0 saturated heterocycles. The Bertz CT molecular complexity index is 1290. The zero-order chi connectivity index (χ0) is 23.9. The first kappa shape index (κ1) is 22.5. The number of hydrogen-bond acceptors (Lipinski definition) is 2. The molecule has 3 aromatic carbocycles. The largest absolute Gasteiger partial charge is 0.467 e. The molecule has 0 unspecified atom stereocenters. The highest BCUT2D eigenvalue weighted by Crippen LogP contribution is 2.28. The smallest absolute Gasteiger partial charge is 0.235 e. The maximum absolute atomic E-state index is 14.2. The van der Waals surface area contributed by atoms with Gasteiger partial charge >= 0.3 is 0 Å². The van der Waals surface area contributed by atoms with Crippen molar-refractivity contribution in [1.29, 1.82) is 0 Å². The monoisotopic (exact) mass is 460 g/mol. The average Bonchev–Trinajstić information content (AvgIpc) is 3.58. The van der Waals surface area contributed by atoms with Crippen molar-refractivity contribution >= 4 is 5.91 Å². The summed E-state index contributed by atoms with van der Waals surface area (Å²) in [5, 5.41) is 0. The van der Waals surface area contributed by atoms with E-state index in [4.69, 9.17) is 4.42 Å². The van der Waals surface area contributed by atoms with E-state index in [0.29, 0.717) is 13.1 Å². The van der Waals surface area contributed by atoms with Gasteiger partial charge in [-0.2, -0.15) is 0 Å². The van der Waals surface area contributed by atoms with Crippen LogP contribution in [-0.4, -0.2) is 15.4 Å². The highest BCUT2D eigenvalue weighted by atomic mass is 16.3. The molecule has 0 saturated carbocycles. The summed E-state index contributed by atoms with van der Waals surface area (Å²) in [5.41, 5.74) is 4.26. The third-order valence-electron chi connectivity index (χ3n) is 6.22. The Morgan fingerprint density at radius 1 is 0.714 bits per heavy atom. The van der Waals surface area contributed by atoms with Crippen molar-refractivity contribution in [2.24, 2.45) is 0 Å². The lowest BCUT2D eigenvalue weighted by atomic mass is 9.90. The zero-order valence-electron chi connectivity index (χ0n) is 19.5. The fraction of sp³-hybridized carbons (Fsp3) is 0.129. The van der Waals surface area contributed by atoms with Crippen LogP contribution in [-0.2, 0) is 24.4 Å². The number of aromatic nitrogens is 1. The van der Waals surface area contributed by atoms with Gasteiger partial charge in [-0.1, -0.05) is 91.0 Å². The summed E-state index contributed by atoms with van der Waals surface area (Å²) in [4.78, 5) is 16.1. The second kappa shape index (κ2) is 10.7. The van der Waals surface area contributed by atoms with E-state index in [-0.39, 0.29) is 5.91 Å². The second-order valence-electron chi connectivity index (χ2n) is 8.64. The quantitative estimate of drug-likeness (QED) is 0.252.